The second-order valence-corrected chi connectivity index (χ2v) is 3.16. The molecule has 12 heavy (non-hydrogen) atoms. The molecule has 2 heteroatoms. The monoisotopic (exact) mass is 169 g/mol. The summed E-state index contributed by atoms with van der Waals surface area (Å²) in [5.41, 5.74) is 6.01. The van der Waals surface area contributed by atoms with Gasteiger partial charge in [0.25, 0.3) is 0 Å². The van der Waals surface area contributed by atoms with Gasteiger partial charge in [-0.05, 0) is 31.9 Å². The van der Waals surface area contributed by atoms with Crippen LogP contribution in [0.3, 0.4) is 0 Å². The molecule has 0 aliphatic heterocycles. The summed E-state index contributed by atoms with van der Waals surface area (Å²) in [5.74, 6) is 0.197. The van der Waals surface area contributed by atoms with Gasteiger partial charge in [0.2, 0.25) is 0 Å². The van der Waals surface area contributed by atoms with E-state index in [1.807, 2.05) is 0 Å². The van der Waals surface area contributed by atoms with Crippen molar-refractivity contribution in [1.29, 1.82) is 0 Å². The van der Waals surface area contributed by atoms with Gasteiger partial charge in [0.15, 0.2) is 5.78 Å². The number of hydrogen-bond donors (Lipinski definition) is 1. The van der Waals surface area contributed by atoms with Crippen molar-refractivity contribution in [2.45, 2.75) is 39.0 Å². The van der Waals surface area contributed by atoms with Gasteiger partial charge in [0.05, 0.1) is 0 Å². The third-order valence-corrected chi connectivity index (χ3v) is 1.83. The molecule has 0 heterocycles. The van der Waals surface area contributed by atoms with Crippen LogP contribution in [0.1, 0.15) is 39.0 Å². The van der Waals surface area contributed by atoms with Crippen LogP contribution in [0.25, 0.3) is 0 Å². The molecule has 0 aromatic rings. The van der Waals surface area contributed by atoms with Crippen molar-refractivity contribution < 1.29 is 4.79 Å². The number of unbranched alkanes of at least 4 members (excludes halogenated alkanes) is 3. The van der Waals surface area contributed by atoms with E-state index in [-0.39, 0.29) is 5.78 Å². The van der Waals surface area contributed by atoms with E-state index in [0.717, 1.165) is 32.2 Å². The molecule has 0 radical (unpaired) electrons. The van der Waals surface area contributed by atoms with Gasteiger partial charge in [-0.2, -0.15) is 0 Å². The van der Waals surface area contributed by atoms with Gasteiger partial charge in [-0.1, -0.05) is 19.4 Å². The minimum absolute atomic E-state index is 0.197. The van der Waals surface area contributed by atoms with Crippen molar-refractivity contribution in [3.63, 3.8) is 0 Å². The first-order valence-corrected chi connectivity index (χ1v) is 4.57. The summed E-state index contributed by atoms with van der Waals surface area (Å²) in [6.07, 6.45) is 4.95. The van der Waals surface area contributed by atoms with Crippen molar-refractivity contribution in [3.05, 3.63) is 12.2 Å². The summed E-state index contributed by atoms with van der Waals surface area (Å²) in [6, 6.07) is 0. The molecule has 0 spiro atoms. The largest absolute Gasteiger partial charge is 0.330 e. The third-order valence-electron chi connectivity index (χ3n) is 1.83. The predicted octanol–water partition coefficient (Wildman–Crippen LogP) is 2.04. The van der Waals surface area contributed by atoms with Crippen LogP contribution in [-0.2, 0) is 4.79 Å². The molecular formula is C10H19NO. The van der Waals surface area contributed by atoms with Gasteiger partial charge < -0.3 is 5.73 Å². The van der Waals surface area contributed by atoms with Crippen molar-refractivity contribution in [2.75, 3.05) is 6.54 Å². The van der Waals surface area contributed by atoms with Crippen LogP contribution in [0.15, 0.2) is 12.2 Å². The van der Waals surface area contributed by atoms with E-state index >= 15 is 0 Å². The first-order valence-electron chi connectivity index (χ1n) is 4.57. The lowest BCUT2D eigenvalue weighted by molar-refractivity contribution is -0.115. The SMILES string of the molecule is C=C(C)C(=O)CCCCCCN. The molecule has 0 aliphatic carbocycles. The summed E-state index contributed by atoms with van der Waals surface area (Å²) < 4.78 is 0. The van der Waals surface area contributed by atoms with E-state index in [4.69, 9.17) is 5.73 Å². The van der Waals surface area contributed by atoms with E-state index in [1.165, 1.54) is 0 Å². The average molecular weight is 169 g/mol. The Morgan fingerprint density at radius 1 is 1.25 bits per heavy atom. The molecule has 0 bridgehead atoms. The maximum atomic E-state index is 11.1. The van der Waals surface area contributed by atoms with Crippen LogP contribution in [0.2, 0.25) is 0 Å². The Bertz CT molecular complexity index is 152. The predicted molar refractivity (Wildman–Crippen MR) is 52.0 cm³/mol. The molecule has 0 rings (SSSR count). The minimum Gasteiger partial charge on any atom is -0.330 e. The van der Waals surface area contributed by atoms with Crippen molar-refractivity contribution in [2.24, 2.45) is 5.73 Å². The van der Waals surface area contributed by atoms with E-state index in [9.17, 15) is 4.79 Å². The van der Waals surface area contributed by atoms with Crippen molar-refractivity contribution in [3.8, 4) is 0 Å². The highest BCUT2D eigenvalue weighted by Gasteiger charge is 2.00. The lowest BCUT2D eigenvalue weighted by atomic mass is 10.1. The van der Waals surface area contributed by atoms with Crippen LogP contribution in [0.4, 0.5) is 0 Å². The number of Topliss-reactive ketones (excluding diaryl/α,β-unsaturated/α-hetero) is 1. The molecule has 2 nitrogen and oxygen atoms in total. The number of allylic oxidation sites excluding steroid dienone is 1. The number of ketones is 1. The molecule has 0 saturated heterocycles. The fraction of sp³-hybridized carbons (Fsp3) is 0.700. The second-order valence-electron chi connectivity index (χ2n) is 3.16. The number of carbonyl (C=O) groups is 1. The lowest BCUT2D eigenvalue weighted by Crippen LogP contribution is -2.00. The molecular weight excluding hydrogens is 150 g/mol. The van der Waals surface area contributed by atoms with Crippen LogP contribution in [0, 0.1) is 0 Å². The Kier molecular flexibility index (Phi) is 6.67. The molecule has 0 unspecified atom stereocenters. The van der Waals surface area contributed by atoms with Crippen LogP contribution in [-0.4, -0.2) is 12.3 Å². The summed E-state index contributed by atoms with van der Waals surface area (Å²) in [4.78, 5) is 11.1. The van der Waals surface area contributed by atoms with Gasteiger partial charge >= 0.3 is 0 Å². The maximum Gasteiger partial charge on any atom is 0.157 e. The topological polar surface area (TPSA) is 43.1 Å². The summed E-state index contributed by atoms with van der Waals surface area (Å²) >= 11 is 0. The smallest absolute Gasteiger partial charge is 0.157 e. The molecule has 2 N–H and O–H groups in total. The van der Waals surface area contributed by atoms with E-state index in [0.29, 0.717) is 12.0 Å². The zero-order valence-electron chi connectivity index (χ0n) is 7.94. The summed E-state index contributed by atoms with van der Waals surface area (Å²) in [6.45, 7) is 6.13. The molecule has 0 fully saturated rings. The van der Waals surface area contributed by atoms with Gasteiger partial charge in [-0.15, -0.1) is 0 Å². The molecule has 0 aromatic heterocycles. The highest BCUT2D eigenvalue weighted by molar-refractivity contribution is 5.93. The fourth-order valence-electron chi connectivity index (χ4n) is 0.997. The lowest BCUT2D eigenvalue weighted by Gasteiger charge is -1.99. The Morgan fingerprint density at radius 3 is 2.33 bits per heavy atom. The number of carbonyl (C=O) groups excluding carboxylic acids is 1. The highest BCUT2D eigenvalue weighted by Crippen LogP contribution is 2.05. The van der Waals surface area contributed by atoms with E-state index in [2.05, 4.69) is 6.58 Å². The zero-order valence-corrected chi connectivity index (χ0v) is 7.94. The quantitative estimate of drug-likeness (QED) is 0.468. The Morgan fingerprint density at radius 2 is 1.83 bits per heavy atom. The van der Waals surface area contributed by atoms with Crippen LogP contribution < -0.4 is 5.73 Å². The summed E-state index contributed by atoms with van der Waals surface area (Å²) in [5, 5.41) is 0. The van der Waals surface area contributed by atoms with Crippen LogP contribution in [0.5, 0.6) is 0 Å². The average Bonchev–Trinajstić information content (AvgIpc) is 2.03. The third kappa shape index (κ3) is 6.10. The van der Waals surface area contributed by atoms with Gasteiger partial charge in [0, 0.05) is 6.42 Å². The Balaban J connectivity index is 3.20. The molecule has 70 valence electrons. The number of rotatable bonds is 7. The van der Waals surface area contributed by atoms with Gasteiger partial charge in [-0.25, -0.2) is 0 Å². The number of nitrogens with two attached hydrogens (primary N) is 1. The van der Waals surface area contributed by atoms with Gasteiger partial charge in [-0.3, -0.25) is 4.79 Å². The summed E-state index contributed by atoms with van der Waals surface area (Å²) in [7, 11) is 0. The Hall–Kier alpha value is -0.630. The van der Waals surface area contributed by atoms with Crippen molar-refractivity contribution in [1.82, 2.24) is 0 Å². The van der Waals surface area contributed by atoms with Crippen molar-refractivity contribution >= 4 is 5.78 Å². The van der Waals surface area contributed by atoms with E-state index < -0.39 is 0 Å². The van der Waals surface area contributed by atoms with Gasteiger partial charge in [0.1, 0.15) is 0 Å². The first-order chi connectivity index (χ1) is 5.68. The minimum atomic E-state index is 0.197. The standard InChI is InChI=1S/C10H19NO/c1-9(2)10(12)7-5-3-4-6-8-11/h1,3-8,11H2,2H3. The molecule has 0 saturated carbocycles. The molecule has 0 aromatic carbocycles. The second kappa shape index (κ2) is 7.04. The molecule has 0 atom stereocenters. The Labute approximate surface area is 74.8 Å². The maximum absolute atomic E-state index is 11.1. The normalized spacial score (nSPS) is 9.83. The fourth-order valence-corrected chi connectivity index (χ4v) is 0.997. The highest BCUT2D eigenvalue weighted by atomic mass is 16.1. The van der Waals surface area contributed by atoms with Crippen LogP contribution >= 0.6 is 0 Å². The first kappa shape index (κ1) is 11.4. The number of hydrogen-bond acceptors (Lipinski definition) is 2. The van der Waals surface area contributed by atoms with E-state index in [1.54, 1.807) is 6.92 Å². The molecule has 0 aliphatic rings. The molecule has 0 amide bonds. The zero-order chi connectivity index (χ0) is 9.40.